The number of carbonyl (C=O) groups excluding carboxylic acids is 1. The number of nitrogens with two attached hydrogens (primary N) is 1. The lowest BCUT2D eigenvalue weighted by molar-refractivity contribution is -0.117. The van der Waals surface area contributed by atoms with Gasteiger partial charge < -0.3 is 15.8 Å². The number of benzene rings is 1. The van der Waals surface area contributed by atoms with Crippen LogP contribution in [0.2, 0.25) is 0 Å². The minimum atomic E-state index is -0.00432. The zero-order valence-electron chi connectivity index (χ0n) is 13.1. The van der Waals surface area contributed by atoms with Crippen LogP contribution in [-0.4, -0.2) is 42.6 Å². The van der Waals surface area contributed by atoms with Crippen molar-refractivity contribution < 1.29 is 9.53 Å². The average molecular weight is 291 g/mol. The Morgan fingerprint density at radius 3 is 2.90 bits per heavy atom. The normalized spacial score (nSPS) is 18.4. The minimum absolute atomic E-state index is 0.00432. The van der Waals surface area contributed by atoms with Gasteiger partial charge in [-0.05, 0) is 44.5 Å². The summed E-state index contributed by atoms with van der Waals surface area (Å²) in [5, 5.41) is 2.95. The van der Waals surface area contributed by atoms with Crippen LogP contribution in [0.1, 0.15) is 25.8 Å². The second kappa shape index (κ2) is 6.45. The largest absolute Gasteiger partial charge is 0.399 e. The summed E-state index contributed by atoms with van der Waals surface area (Å²) >= 11 is 0. The fourth-order valence-electron chi connectivity index (χ4n) is 2.58. The predicted octanol–water partition coefficient (Wildman–Crippen LogP) is 2.02. The summed E-state index contributed by atoms with van der Waals surface area (Å²) in [5.74, 6) is 0.0326. The topological polar surface area (TPSA) is 67.6 Å². The second-order valence-corrected chi connectivity index (χ2v) is 6.22. The molecule has 0 aromatic heterocycles. The highest BCUT2D eigenvalue weighted by molar-refractivity contribution is 5.91. The van der Waals surface area contributed by atoms with Crippen LogP contribution in [0, 0.1) is 6.92 Å². The van der Waals surface area contributed by atoms with E-state index in [2.05, 4.69) is 24.1 Å². The van der Waals surface area contributed by atoms with Crippen LogP contribution in [0.4, 0.5) is 11.4 Å². The third-order valence-electron chi connectivity index (χ3n) is 3.95. The maximum Gasteiger partial charge on any atom is 0.225 e. The third-order valence-corrected chi connectivity index (χ3v) is 3.95. The van der Waals surface area contributed by atoms with Gasteiger partial charge in [0.15, 0.2) is 0 Å². The van der Waals surface area contributed by atoms with Crippen molar-refractivity contribution in [2.75, 3.05) is 37.4 Å². The van der Waals surface area contributed by atoms with Gasteiger partial charge in [0.25, 0.3) is 0 Å². The van der Waals surface area contributed by atoms with Crippen LogP contribution in [0.3, 0.4) is 0 Å². The number of nitrogen functional groups attached to an aromatic ring is 1. The van der Waals surface area contributed by atoms with Crippen molar-refractivity contribution in [1.82, 2.24) is 4.90 Å². The molecular weight excluding hydrogens is 266 g/mol. The molecule has 0 bridgehead atoms. The molecule has 1 amide bonds. The first kappa shape index (κ1) is 15.8. The molecule has 0 atom stereocenters. The molecule has 0 unspecified atom stereocenters. The number of hydrogen-bond donors (Lipinski definition) is 2. The van der Waals surface area contributed by atoms with E-state index in [1.54, 1.807) is 6.07 Å². The van der Waals surface area contributed by atoms with Gasteiger partial charge in [0.2, 0.25) is 5.91 Å². The van der Waals surface area contributed by atoms with E-state index in [1.165, 1.54) is 0 Å². The molecular formula is C16H25N3O2. The van der Waals surface area contributed by atoms with Crippen LogP contribution >= 0.6 is 0 Å². The first-order valence-electron chi connectivity index (χ1n) is 7.37. The summed E-state index contributed by atoms with van der Waals surface area (Å²) in [5.41, 5.74) is 8.23. The fraction of sp³-hybridized carbons (Fsp3) is 0.562. The maximum atomic E-state index is 12.1. The van der Waals surface area contributed by atoms with Crippen molar-refractivity contribution in [2.24, 2.45) is 0 Å². The van der Waals surface area contributed by atoms with Crippen molar-refractivity contribution in [2.45, 2.75) is 32.7 Å². The molecule has 5 nitrogen and oxygen atoms in total. The number of rotatable bonds is 4. The molecule has 0 saturated carbocycles. The van der Waals surface area contributed by atoms with E-state index in [1.807, 2.05) is 19.1 Å². The minimum Gasteiger partial charge on any atom is -0.399 e. The molecule has 1 saturated heterocycles. The number of carbonyl (C=O) groups is 1. The zero-order chi connectivity index (χ0) is 15.5. The molecule has 0 aliphatic carbocycles. The number of anilines is 2. The fourth-order valence-corrected chi connectivity index (χ4v) is 2.58. The maximum absolute atomic E-state index is 12.1. The van der Waals surface area contributed by atoms with E-state index in [-0.39, 0.29) is 11.4 Å². The molecule has 0 spiro atoms. The highest BCUT2D eigenvalue weighted by Crippen LogP contribution is 2.20. The van der Waals surface area contributed by atoms with Gasteiger partial charge in [-0.15, -0.1) is 0 Å². The molecule has 1 aliphatic rings. The lowest BCUT2D eigenvalue weighted by Crippen LogP contribution is -2.53. The SMILES string of the molecule is Cc1cc(N)ccc1NC(=O)CCN1CCOCC1(C)C. The second-order valence-electron chi connectivity index (χ2n) is 6.22. The third kappa shape index (κ3) is 4.19. The van der Waals surface area contributed by atoms with Crippen molar-refractivity contribution >= 4 is 17.3 Å². The van der Waals surface area contributed by atoms with Gasteiger partial charge in [-0.25, -0.2) is 0 Å². The Kier molecular flexibility index (Phi) is 4.85. The van der Waals surface area contributed by atoms with Crippen LogP contribution in [0.25, 0.3) is 0 Å². The molecule has 1 aromatic carbocycles. The van der Waals surface area contributed by atoms with Gasteiger partial charge in [-0.1, -0.05) is 0 Å². The lowest BCUT2D eigenvalue weighted by Gasteiger charge is -2.42. The van der Waals surface area contributed by atoms with E-state index < -0.39 is 0 Å². The van der Waals surface area contributed by atoms with Crippen molar-refractivity contribution in [3.8, 4) is 0 Å². The number of ether oxygens (including phenoxy) is 1. The monoisotopic (exact) mass is 291 g/mol. The van der Waals surface area contributed by atoms with Gasteiger partial charge >= 0.3 is 0 Å². The van der Waals surface area contributed by atoms with Crippen molar-refractivity contribution in [3.05, 3.63) is 23.8 Å². The van der Waals surface area contributed by atoms with Crippen molar-refractivity contribution in [3.63, 3.8) is 0 Å². The number of nitrogens with zero attached hydrogens (tertiary/aromatic N) is 1. The zero-order valence-corrected chi connectivity index (χ0v) is 13.1. The Morgan fingerprint density at radius 2 is 2.24 bits per heavy atom. The Labute approximate surface area is 126 Å². The molecule has 0 radical (unpaired) electrons. The Hall–Kier alpha value is -1.59. The first-order valence-corrected chi connectivity index (χ1v) is 7.37. The Balaban J connectivity index is 1.87. The summed E-state index contributed by atoms with van der Waals surface area (Å²) in [7, 11) is 0. The van der Waals surface area contributed by atoms with Gasteiger partial charge in [-0.3, -0.25) is 9.69 Å². The number of hydrogen-bond acceptors (Lipinski definition) is 4. The van der Waals surface area contributed by atoms with Crippen LogP contribution < -0.4 is 11.1 Å². The smallest absolute Gasteiger partial charge is 0.225 e. The number of morpholine rings is 1. The van der Waals surface area contributed by atoms with Gasteiger partial charge in [0, 0.05) is 36.4 Å². The molecule has 21 heavy (non-hydrogen) atoms. The quantitative estimate of drug-likeness (QED) is 0.833. The van der Waals surface area contributed by atoms with Gasteiger partial charge in [0.05, 0.1) is 13.2 Å². The summed E-state index contributed by atoms with van der Waals surface area (Å²) in [6.45, 7) is 9.31. The number of amides is 1. The van der Waals surface area contributed by atoms with Crippen LogP contribution in [0.15, 0.2) is 18.2 Å². The van der Waals surface area contributed by atoms with Gasteiger partial charge in [-0.2, -0.15) is 0 Å². The van der Waals surface area contributed by atoms with Crippen LogP contribution in [-0.2, 0) is 9.53 Å². The van der Waals surface area contributed by atoms with Crippen molar-refractivity contribution in [1.29, 1.82) is 0 Å². The van der Waals surface area contributed by atoms with E-state index in [4.69, 9.17) is 10.5 Å². The summed E-state index contributed by atoms with van der Waals surface area (Å²) in [4.78, 5) is 14.4. The highest BCUT2D eigenvalue weighted by atomic mass is 16.5. The summed E-state index contributed by atoms with van der Waals surface area (Å²) in [6.07, 6.45) is 0.479. The molecule has 116 valence electrons. The van der Waals surface area contributed by atoms with E-state index in [0.717, 1.165) is 30.9 Å². The first-order chi connectivity index (χ1) is 9.88. The average Bonchev–Trinajstić information content (AvgIpc) is 2.40. The molecule has 3 N–H and O–H groups in total. The van der Waals surface area contributed by atoms with Crippen LogP contribution in [0.5, 0.6) is 0 Å². The summed E-state index contributed by atoms with van der Waals surface area (Å²) < 4.78 is 5.49. The van der Waals surface area contributed by atoms with E-state index >= 15 is 0 Å². The molecule has 1 aromatic rings. The number of aryl methyl sites for hydroxylation is 1. The number of nitrogens with one attached hydrogen (secondary N) is 1. The lowest BCUT2D eigenvalue weighted by atomic mass is 10.0. The molecule has 1 heterocycles. The van der Waals surface area contributed by atoms with E-state index in [0.29, 0.717) is 18.7 Å². The molecule has 2 rings (SSSR count). The molecule has 1 fully saturated rings. The molecule has 1 aliphatic heterocycles. The van der Waals surface area contributed by atoms with E-state index in [9.17, 15) is 4.79 Å². The predicted molar refractivity (Wildman–Crippen MR) is 85.3 cm³/mol. The van der Waals surface area contributed by atoms with Gasteiger partial charge in [0.1, 0.15) is 0 Å². The molecule has 5 heteroatoms. The summed E-state index contributed by atoms with van der Waals surface area (Å²) in [6, 6.07) is 5.51. The Morgan fingerprint density at radius 1 is 1.48 bits per heavy atom. The Bertz CT molecular complexity index is 514. The standard InChI is InChI=1S/C16H25N3O2/c1-12-10-13(17)4-5-14(12)18-15(20)6-7-19-8-9-21-11-16(19,2)3/h4-5,10H,6-9,11,17H2,1-3H3,(H,18,20). The highest BCUT2D eigenvalue weighted by Gasteiger charge is 2.30.